The molecule has 0 amide bonds. The fraction of sp³-hybridized carbons (Fsp3) is 0.600. The van der Waals surface area contributed by atoms with Crippen LogP contribution in [-0.4, -0.2) is 18.8 Å². The summed E-state index contributed by atoms with van der Waals surface area (Å²) >= 11 is 0. The van der Waals surface area contributed by atoms with Crippen LogP contribution in [0.2, 0.25) is 0 Å². The highest BCUT2D eigenvalue weighted by atomic mass is 16.5. The molecule has 0 heterocycles. The first kappa shape index (κ1) is 23.0. The lowest BCUT2D eigenvalue weighted by Gasteiger charge is -2.08. The van der Waals surface area contributed by atoms with Gasteiger partial charge in [0.05, 0.1) is 19.5 Å². The molecule has 0 aromatic heterocycles. The van der Waals surface area contributed by atoms with E-state index in [0.29, 0.717) is 0 Å². The third-order valence-electron chi connectivity index (χ3n) is 4.34. The summed E-state index contributed by atoms with van der Waals surface area (Å²) < 4.78 is 5.13. The summed E-state index contributed by atoms with van der Waals surface area (Å²) in [6.07, 6.45) is 0. The Kier molecular flexibility index (Phi) is 11.8. The zero-order chi connectivity index (χ0) is 18.0. The van der Waals surface area contributed by atoms with Crippen LogP contribution in [0.3, 0.4) is 0 Å². The Labute approximate surface area is 138 Å². The molecule has 0 saturated carbocycles. The minimum Gasteiger partial charge on any atom is -0.501 e. The number of aliphatic hydroxyl groups is 1. The van der Waals surface area contributed by atoms with Crippen molar-refractivity contribution in [3.05, 3.63) is 44.8 Å². The van der Waals surface area contributed by atoms with Crippen molar-refractivity contribution in [3.63, 3.8) is 0 Å². The number of allylic oxidation sites excluding steroid dienone is 7. The van der Waals surface area contributed by atoms with Gasteiger partial charge in [0.1, 0.15) is 0 Å². The van der Waals surface area contributed by atoms with Gasteiger partial charge in [0.25, 0.3) is 0 Å². The van der Waals surface area contributed by atoms with Gasteiger partial charge >= 0.3 is 0 Å². The van der Waals surface area contributed by atoms with Crippen molar-refractivity contribution < 1.29 is 9.84 Å². The Hall–Kier alpha value is -1.28. The van der Waals surface area contributed by atoms with Gasteiger partial charge in [-0.3, -0.25) is 0 Å². The molecule has 2 nitrogen and oxygen atoms in total. The maximum absolute atomic E-state index is 8.86. The van der Waals surface area contributed by atoms with Crippen LogP contribution in [0.5, 0.6) is 0 Å². The molecule has 0 fully saturated rings. The van der Waals surface area contributed by atoms with Gasteiger partial charge < -0.3 is 9.84 Å². The zero-order valence-electron chi connectivity index (χ0n) is 16.6. The summed E-state index contributed by atoms with van der Waals surface area (Å²) in [5.41, 5.74) is 8.79. The molecule has 0 aliphatic rings. The maximum atomic E-state index is 8.86. The fourth-order valence-corrected chi connectivity index (χ4v) is 1.61. The average Bonchev–Trinajstić information content (AvgIpc) is 2.50. The standard InChI is InChI=1S/2C10H18O/c1-7(2)8(3)9(4)10(5)11-6;1-7(2)9(4)10(5)8(3)6-11/h1-6H3;11H,6H2,1-5H3. The summed E-state index contributed by atoms with van der Waals surface area (Å²) in [4.78, 5) is 0. The van der Waals surface area contributed by atoms with E-state index in [1.54, 1.807) is 7.11 Å². The van der Waals surface area contributed by atoms with Gasteiger partial charge in [-0.2, -0.15) is 0 Å². The van der Waals surface area contributed by atoms with Gasteiger partial charge in [-0.25, -0.2) is 0 Å². The van der Waals surface area contributed by atoms with Crippen LogP contribution in [0, 0.1) is 0 Å². The fourth-order valence-electron chi connectivity index (χ4n) is 1.61. The van der Waals surface area contributed by atoms with E-state index in [2.05, 4.69) is 48.5 Å². The molecule has 0 atom stereocenters. The molecule has 0 radical (unpaired) electrons. The lowest BCUT2D eigenvalue weighted by Crippen LogP contribution is -1.92. The van der Waals surface area contributed by atoms with Gasteiger partial charge in [0.2, 0.25) is 0 Å². The molecule has 2 heteroatoms. The van der Waals surface area contributed by atoms with Gasteiger partial charge in [0.15, 0.2) is 0 Å². The van der Waals surface area contributed by atoms with Crippen molar-refractivity contribution in [3.8, 4) is 0 Å². The number of methoxy groups -OCH3 is 1. The van der Waals surface area contributed by atoms with Crippen LogP contribution >= 0.6 is 0 Å². The number of hydrogen-bond donors (Lipinski definition) is 1. The smallest absolute Gasteiger partial charge is 0.0956 e. The number of hydrogen-bond acceptors (Lipinski definition) is 2. The second-order valence-electron chi connectivity index (χ2n) is 6.20. The highest BCUT2D eigenvalue weighted by Crippen LogP contribution is 2.17. The summed E-state index contributed by atoms with van der Waals surface area (Å²) in [5, 5.41) is 8.86. The minimum absolute atomic E-state index is 0.163. The first-order valence-electron chi connectivity index (χ1n) is 7.78. The molecular formula is C20H36O2. The maximum Gasteiger partial charge on any atom is 0.0956 e. The van der Waals surface area contributed by atoms with Crippen LogP contribution in [0.25, 0.3) is 0 Å². The molecule has 0 aliphatic carbocycles. The third-order valence-corrected chi connectivity index (χ3v) is 4.34. The highest BCUT2D eigenvalue weighted by molar-refractivity contribution is 5.34. The Bertz CT molecular complexity index is 432. The topological polar surface area (TPSA) is 29.5 Å². The van der Waals surface area contributed by atoms with Crippen molar-refractivity contribution in [2.24, 2.45) is 0 Å². The third kappa shape index (κ3) is 8.23. The summed E-state index contributed by atoms with van der Waals surface area (Å²) in [6, 6.07) is 0. The zero-order valence-corrected chi connectivity index (χ0v) is 16.6. The summed E-state index contributed by atoms with van der Waals surface area (Å²) in [5.74, 6) is 1.00. The van der Waals surface area contributed by atoms with Gasteiger partial charge in [-0.05, 0) is 97.1 Å². The summed E-state index contributed by atoms with van der Waals surface area (Å²) in [6.45, 7) is 20.8. The van der Waals surface area contributed by atoms with E-state index < -0.39 is 0 Å². The first-order chi connectivity index (χ1) is 10.0. The molecule has 0 rings (SSSR count). The van der Waals surface area contributed by atoms with Crippen LogP contribution in [0.4, 0.5) is 0 Å². The van der Waals surface area contributed by atoms with Gasteiger partial charge in [-0.1, -0.05) is 11.1 Å². The van der Waals surface area contributed by atoms with Crippen LogP contribution in [0.15, 0.2) is 44.8 Å². The van der Waals surface area contributed by atoms with E-state index in [9.17, 15) is 0 Å². The molecule has 128 valence electrons. The van der Waals surface area contributed by atoms with Crippen LogP contribution in [-0.2, 0) is 4.74 Å². The largest absolute Gasteiger partial charge is 0.501 e. The monoisotopic (exact) mass is 308 g/mol. The number of aliphatic hydroxyl groups excluding tert-OH is 1. The Morgan fingerprint density at radius 2 is 1.00 bits per heavy atom. The van der Waals surface area contributed by atoms with E-state index in [1.807, 2.05) is 20.8 Å². The predicted octanol–water partition coefficient (Wildman–Crippen LogP) is 5.95. The van der Waals surface area contributed by atoms with E-state index >= 15 is 0 Å². The normalized spacial score (nSPS) is 12.4. The molecule has 0 spiro atoms. The first-order valence-corrected chi connectivity index (χ1v) is 7.78. The second-order valence-corrected chi connectivity index (χ2v) is 6.20. The molecule has 0 aromatic rings. The number of ether oxygens (including phenoxy) is 1. The van der Waals surface area contributed by atoms with E-state index in [0.717, 1.165) is 11.3 Å². The molecule has 0 aliphatic heterocycles. The Balaban J connectivity index is 0. The van der Waals surface area contributed by atoms with Crippen molar-refractivity contribution >= 4 is 0 Å². The molecule has 0 saturated heterocycles. The van der Waals surface area contributed by atoms with Crippen molar-refractivity contribution in [2.75, 3.05) is 13.7 Å². The van der Waals surface area contributed by atoms with Crippen molar-refractivity contribution in [1.82, 2.24) is 0 Å². The van der Waals surface area contributed by atoms with Gasteiger partial charge in [0, 0.05) is 0 Å². The van der Waals surface area contributed by atoms with E-state index in [-0.39, 0.29) is 6.61 Å². The average molecular weight is 309 g/mol. The molecule has 22 heavy (non-hydrogen) atoms. The quantitative estimate of drug-likeness (QED) is 0.513. The molecule has 0 bridgehead atoms. The highest BCUT2D eigenvalue weighted by Gasteiger charge is 2.00. The molecule has 0 aromatic carbocycles. The van der Waals surface area contributed by atoms with E-state index in [4.69, 9.17) is 9.84 Å². The van der Waals surface area contributed by atoms with Crippen LogP contribution < -0.4 is 0 Å². The molecule has 0 unspecified atom stereocenters. The summed E-state index contributed by atoms with van der Waals surface area (Å²) in [7, 11) is 1.71. The molecule has 1 N–H and O–H groups in total. The lowest BCUT2D eigenvalue weighted by atomic mass is 10.0. The predicted molar refractivity (Wildman–Crippen MR) is 98.9 cm³/mol. The Morgan fingerprint density at radius 1 is 0.636 bits per heavy atom. The number of rotatable bonds is 4. The lowest BCUT2D eigenvalue weighted by molar-refractivity contribution is 0.289. The van der Waals surface area contributed by atoms with E-state index in [1.165, 1.54) is 33.4 Å². The van der Waals surface area contributed by atoms with Crippen molar-refractivity contribution in [2.45, 2.75) is 69.2 Å². The van der Waals surface area contributed by atoms with Gasteiger partial charge in [-0.15, -0.1) is 0 Å². The molecular weight excluding hydrogens is 272 g/mol. The van der Waals surface area contributed by atoms with Crippen LogP contribution in [0.1, 0.15) is 69.2 Å². The SMILES string of the molecule is CC(C)=C(C)C(C)=C(C)CO.COC(C)=C(C)C(C)=C(C)C. The minimum atomic E-state index is 0.163. The Morgan fingerprint density at radius 3 is 1.27 bits per heavy atom. The van der Waals surface area contributed by atoms with Crippen molar-refractivity contribution in [1.29, 1.82) is 0 Å². The second kappa shape index (κ2) is 11.3.